The molecule has 1 heterocycles. The van der Waals surface area contributed by atoms with Gasteiger partial charge < -0.3 is 10.3 Å². The molecular weight excluding hydrogens is 357 g/mol. The van der Waals surface area contributed by atoms with Crippen molar-refractivity contribution in [1.82, 2.24) is 10.1 Å². The molecule has 132 valence electrons. The Morgan fingerprint density at radius 2 is 2.15 bits per heavy atom. The molecule has 1 aliphatic carbocycles. The molecule has 3 aromatic rings. The van der Waals surface area contributed by atoms with Crippen LogP contribution in [0.3, 0.4) is 0 Å². The maximum Gasteiger partial charge on any atom is 0.224 e. The summed E-state index contributed by atoms with van der Waals surface area (Å²) < 4.78 is 19.7. The van der Waals surface area contributed by atoms with Crippen molar-refractivity contribution in [2.75, 3.05) is 0 Å². The first-order chi connectivity index (χ1) is 12.4. The smallest absolute Gasteiger partial charge is 0.224 e. The van der Waals surface area contributed by atoms with Gasteiger partial charge in [-0.15, -0.1) is 0 Å². The van der Waals surface area contributed by atoms with Crippen molar-refractivity contribution in [3.63, 3.8) is 0 Å². The number of aryl methyl sites for hydroxylation is 2. The van der Waals surface area contributed by atoms with Gasteiger partial charge in [-0.05, 0) is 47.2 Å². The SMILES string of the molecule is Cc1nc(-c2c(F)cc(Cl)cc2-c2ccc3c(c2)CC[C@@H]3C(N)=O)no1. The van der Waals surface area contributed by atoms with Crippen LogP contribution in [-0.4, -0.2) is 16.0 Å². The van der Waals surface area contributed by atoms with E-state index >= 15 is 0 Å². The number of primary amides is 1. The molecule has 1 atom stereocenters. The van der Waals surface area contributed by atoms with Crippen LogP contribution in [-0.2, 0) is 11.2 Å². The third kappa shape index (κ3) is 2.76. The van der Waals surface area contributed by atoms with Gasteiger partial charge in [-0.1, -0.05) is 35.0 Å². The molecule has 0 saturated carbocycles. The van der Waals surface area contributed by atoms with Gasteiger partial charge in [0.15, 0.2) is 0 Å². The Labute approximate surface area is 154 Å². The Morgan fingerprint density at radius 3 is 2.85 bits per heavy atom. The topological polar surface area (TPSA) is 82.0 Å². The van der Waals surface area contributed by atoms with Crippen LogP contribution in [0.15, 0.2) is 34.9 Å². The lowest BCUT2D eigenvalue weighted by molar-refractivity contribution is -0.119. The average molecular weight is 372 g/mol. The highest BCUT2D eigenvalue weighted by molar-refractivity contribution is 6.31. The third-order valence-corrected chi connectivity index (χ3v) is 4.90. The van der Waals surface area contributed by atoms with Gasteiger partial charge in [-0.3, -0.25) is 4.79 Å². The highest BCUT2D eigenvalue weighted by Gasteiger charge is 2.27. The fraction of sp³-hybridized carbons (Fsp3) is 0.211. The van der Waals surface area contributed by atoms with E-state index in [0.29, 0.717) is 17.9 Å². The molecular formula is C19H15ClFN3O2. The summed E-state index contributed by atoms with van der Waals surface area (Å²) in [6, 6.07) is 8.55. The molecule has 0 saturated heterocycles. The normalized spacial score (nSPS) is 15.9. The molecule has 1 aliphatic rings. The van der Waals surface area contributed by atoms with Gasteiger partial charge in [-0.2, -0.15) is 4.98 Å². The molecule has 2 N–H and O–H groups in total. The van der Waals surface area contributed by atoms with E-state index < -0.39 is 5.82 Å². The lowest BCUT2D eigenvalue weighted by Crippen LogP contribution is -2.19. The summed E-state index contributed by atoms with van der Waals surface area (Å²) in [5.41, 5.74) is 9.01. The van der Waals surface area contributed by atoms with E-state index in [-0.39, 0.29) is 28.2 Å². The number of nitrogens with zero attached hydrogens (tertiary/aromatic N) is 2. The zero-order chi connectivity index (χ0) is 18.4. The number of carbonyl (C=O) groups is 1. The number of aromatic nitrogens is 2. The average Bonchev–Trinajstić information content (AvgIpc) is 3.19. The summed E-state index contributed by atoms with van der Waals surface area (Å²) in [4.78, 5) is 15.7. The minimum absolute atomic E-state index is 0.169. The quantitative estimate of drug-likeness (QED) is 0.753. The second kappa shape index (κ2) is 6.21. The molecule has 0 bridgehead atoms. The highest BCUT2D eigenvalue weighted by Crippen LogP contribution is 2.39. The first-order valence-corrected chi connectivity index (χ1v) is 8.54. The van der Waals surface area contributed by atoms with Crippen LogP contribution in [0.1, 0.15) is 29.4 Å². The second-order valence-electron chi connectivity index (χ2n) is 6.35. The number of fused-ring (bicyclic) bond motifs is 1. The lowest BCUT2D eigenvalue weighted by Gasteiger charge is -2.12. The van der Waals surface area contributed by atoms with Crippen molar-refractivity contribution in [3.8, 4) is 22.5 Å². The van der Waals surface area contributed by atoms with Crippen molar-refractivity contribution in [3.05, 3.63) is 58.2 Å². The molecule has 1 amide bonds. The van der Waals surface area contributed by atoms with Crippen LogP contribution < -0.4 is 5.73 Å². The van der Waals surface area contributed by atoms with E-state index in [2.05, 4.69) is 10.1 Å². The molecule has 2 aromatic carbocycles. The largest absolute Gasteiger partial charge is 0.369 e. The summed E-state index contributed by atoms with van der Waals surface area (Å²) >= 11 is 6.08. The Bertz CT molecular complexity index is 1030. The standard InChI is InChI=1S/C19H15ClFN3O2/c1-9-23-19(24-26-9)17-15(7-12(20)8-16(17)21)11-2-4-13-10(6-11)3-5-14(13)18(22)25/h2,4,6-8,14H,3,5H2,1H3,(H2,22,25)/t14-/m0/s1. The zero-order valence-electron chi connectivity index (χ0n) is 13.9. The van der Waals surface area contributed by atoms with Gasteiger partial charge >= 0.3 is 0 Å². The molecule has 7 heteroatoms. The van der Waals surface area contributed by atoms with E-state index in [1.165, 1.54) is 6.07 Å². The van der Waals surface area contributed by atoms with Gasteiger partial charge in [-0.25, -0.2) is 4.39 Å². The fourth-order valence-electron chi connectivity index (χ4n) is 3.51. The summed E-state index contributed by atoms with van der Waals surface area (Å²) in [5.74, 6) is -0.604. The predicted octanol–water partition coefficient (Wildman–Crippen LogP) is 4.02. The first-order valence-electron chi connectivity index (χ1n) is 8.16. The number of hydrogen-bond acceptors (Lipinski definition) is 4. The summed E-state index contributed by atoms with van der Waals surface area (Å²) in [6.07, 6.45) is 1.44. The van der Waals surface area contributed by atoms with E-state index in [1.807, 2.05) is 18.2 Å². The summed E-state index contributed by atoms with van der Waals surface area (Å²) in [6.45, 7) is 1.64. The maximum absolute atomic E-state index is 14.7. The molecule has 0 fully saturated rings. The van der Waals surface area contributed by atoms with Gasteiger partial charge in [0.1, 0.15) is 5.82 Å². The number of carbonyl (C=O) groups excluding carboxylic acids is 1. The van der Waals surface area contributed by atoms with Crippen molar-refractivity contribution in [2.24, 2.45) is 5.73 Å². The van der Waals surface area contributed by atoms with E-state index in [4.69, 9.17) is 21.9 Å². The molecule has 0 radical (unpaired) electrons. The van der Waals surface area contributed by atoms with Crippen molar-refractivity contribution in [1.29, 1.82) is 0 Å². The number of amides is 1. The van der Waals surface area contributed by atoms with Gasteiger partial charge in [0.2, 0.25) is 17.6 Å². The molecule has 26 heavy (non-hydrogen) atoms. The minimum Gasteiger partial charge on any atom is -0.369 e. The van der Waals surface area contributed by atoms with Gasteiger partial charge in [0.05, 0.1) is 11.5 Å². The van der Waals surface area contributed by atoms with Crippen molar-refractivity contribution < 1.29 is 13.7 Å². The van der Waals surface area contributed by atoms with Crippen LogP contribution in [0.5, 0.6) is 0 Å². The van der Waals surface area contributed by atoms with E-state index in [1.54, 1.807) is 13.0 Å². The summed E-state index contributed by atoms with van der Waals surface area (Å²) in [5, 5.41) is 4.12. The van der Waals surface area contributed by atoms with Gasteiger partial charge in [0, 0.05) is 11.9 Å². The van der Waals surface area contributed by atoms with Crippen LogP contribution in [0.25, 0.3) is 22.5 Å². The second-order valence-corrected chi connectivity index (χ2v) is 6.79. The van der Waals surface area contributed by atoms with Gasteiger partial charge in [0.25, 0.3) is 0 Å². The highest BCUT2D eigenvalue weighted by atomic mass is 35.5. The maximum atomic E-state index is 14.7. The van der Waals surface area contributed by atoms with Crippen LogP contribution in [0.2, 0.25) is 5.02 Å². The van der Waals surface area contributed by atoms with E-state index in [9.17, 15) is 9.18 Å². The van der Waals surface area contributed by atoms with Crippen molar-refractivity contribution >= 4 is 17.5 Å². The molecule has 0 aliphatic heterocycles. The van der Waals surface area contributed by atoms with Crippen LogP contribution in [0, 0.1) is 12.7 Å². The molecule has 0 spiro atoms. The minimum atomic E-state index is -0.524. The molecule has 1 aromatic heterocycles. The summed E-state index contributed by atoms with van der Waals surface area (Å²) in [7, 11) is 0. The third-order valence-electron chi connectivity index (χ3n) is 4.68. The van der Waals surface area contributed by atoms with Crippen LogP contribution >= 0.6 is 11.6 Å². The lowest BCUT2D eigenvalue weighted by atomic mass is 9.94. The monoisotopic (exact) mass is 371 g/mol. The predicted molar refractivity (Wildman–Crippen MR) is 95.1 cm³/mol. The van der Waals surface area contributed by atoms with E-state index in [0.717, 1.165) is 23.1 Å². The first kappa shape index (κ1) is 16.7. The Hall–Kier alpha value is -2.73. The van der Waals surface area contributed by atoms with Crippen molar-refractivity contribution in [2.45, 2.75) is 25.7 Å². The Balaban J connectivity index is 1.88. The number of nitrogens with two attached hydrogens (primary N) is 1. The number of rotatable bonds is 3. The molecule has 4 rings (SSSR count). The Kier molecular flexibility index (Phi) is 4.00. The number of hydrogen-bond donors (Lipinski definition) is 1. The number of benzene rings is 2. The number of halogens is 2. The molecule has 5 nitrogen and oxygen atoms in total. The van der Waals surface area contributed by atoms with Crippen LogP contribution in [0.4, 0.5) is 4.39 Å². The molecule has 0 unspecified atom stereocenters. The fourth-order valence-corrected chi connectivity index (χ4v) is 3.71. The Morgan fingerprint density at radius 1 is 1.35 bits per heavy atom. The zero-order valence-corrected chi connectivity index (χ0v) is 14.7.